The predicted molar refractivity (Wildman–Crippen MR) is 131 cm³/mol. The van der Waals surface area contributed by atoms with Crippen LogP contribution in [0.4, 0.5) is 0 Å². The Bertz CT molecular complexity index is 1370. The molecule has 0 aliphatic carbocycles. The third kappa shape index (κ3) is 5.20. The zero-order valence-corrected chi connectivity index (χ0v) is 19.6. The number of methoxy groups -OCH3 is 1. The summed E-state index contributed by atoms with van der Waals surface area (Å²) in [6, 6.07) is 19.7. The van der Waals surface area contributed by atoms with E-state index in [0.29, 0.717) is 23.2 Å². The van der Waals surface area contributed by atoms with Crippen LogP contribution in [-0.4, -0.2) is 36.1 Å². The van der Waals surface area contributed by atoms with E-state index < -0.39 is 11.9 Å². The smallest absolute Gasteiger partial charge is 0.254 e. The maximum atomic E-state index is 13.6. The van der Waals surface area contributed by atoms with Gasteiger partial charge in [0.2, 0.25) is 5.91 Å². The normalized spacial score (nSPS) is 11.6. The van der Waals surface area contributed by atoms with Gasteiger partial charge < -0.3 is 24.4 Å². The zero-order valence-electron chi connectivity index (χ0n) is 19.6. The van der Waals surface area contributed by atoms with Gasteiger partial charge in [-0.05, 0) is 42.8 Å². The highest BCUT2D eigenvalue weighted by Gasteiger charge is 2.26. The first-order valence-corrected chi connectivity index (χ1v) is 11.2. The van der Waals surface area contributed by atoms with Gasteiger partial charge in [-0.1, -0.05) is 30.3 Å². The summed E-state index contributed by atoms with van der Waals surface area (Å²) in [5, 5.41) is 15.1. The summed E-state index contributed by atoms with van der Waals surface area (Å²) in [4.78, 5) is 26.5. The highest BCUT2D eigenvalue weighted by molar-refractivity contribution is 6.10. The minimum Gasteiger partial charge on any atom is -0.497 e. The Kier molecular flexibility index (Phi) is 7.17. The van der Waals surface area contributed by atoms with E-state index in [0.717, 1.165) is 22.5 Å². The van der Waals surface area contributed by atoms with Crippen molar-refractivity contribution in [1.29, 1.82) is 5.26 Å². The van der Waals surface area contributed by atoms with Crippen molar-refractivity contribution in [3.63, 3.8) is 0 Å². The molecule has 1 atom stereocenters. The van der Waals surface area contributed by atoms with Crippen molar-refractivity contribution in [1.82, 2.24) is 15.2 Å². The molecule has 0 aliphatic heterocycles. The standard InChI is InChI=1S/C27H26N4O4/c1-18-25(22-16-20(34-2)10-11-24(22)31(18)17-21-9-6-14-35-21)27(33)30-23(26(32)29-13-12-28)15-19-7-4-3-5-8-19/h3-11,14,16,23H,13,15,17H2,1-2H3,(H,29,32)(H,30,33). The number of aromatic nitrogens is 1. The molecule has 4 rings (SSSR count). The van der Waals surface area contributed by atoms with E-state index in [9.17, 15) is 9.59 Å². The van der Waals surface area contributed by atoms with E-state index in [1.54, 1.807) is 13.4 Å². The molecule has 8 nitrogen and oxygen atoms in total. The number of nitriles is 1. The monoisotopic (exact) mass is 470 g/mol. The fourth-order valence-corrected chi connectivity index (χ4v) is 4.18. The maximum absolute atomic E-state index is 13.6. The lowest BCUT2D eigenvalue weighted by molar-refractivity contribution is -0.122. The molecule has 8 heteroatoms. The molecule has 0 fully saturated rings. The highest BCUT2D eigenvalue weighted by Crippen LogP contribution is 2.30. The lowest BCUT2D eigenvalue weighted by atomic mass is 10.0. The molecule has 0 bridgehead atoms. The van der Waals surface area contributed by atoms with Crippen LogP contribution >= 0.6 is 0 Å². The van der Waals surface area contributed by atoms with Crippen LogP contribution < -0.4 is 15.4 Å². The number of ether oxygens (including phenoxy) is 1. The minimum absolute atomic E-state index is 0.140. The van der Waals surface area contributed by atoms with E-state index in [-0.39, 0.29) is 18.9 Å². The summed E-state index contributed by atoms with van der Waals surface area (Å²) >= 11 is 0. The lowest BCUT2D eigenvalue weighted by Gasteiger charge is -2.18. The molecule has 0 spiro atoms. The van der Waals surface area contributed by atoms with Gasteiger partial charge in [-0.25, -0.2) is 0 Å². The molecule has 0 saturated carbocycles. The van der Waals surface area contributed by atoms with E-state index in [1.165, 1.54) is 0 Å². The number of carbonyl (C=O) groups excluding carboxylic acids is 2. The van der Waals surface area contributed by atoms with E-state index in [2.05, 4.69) is 10.6 Å². The fraction of sp³-hybridized carbons (Fsp3) is 0.222. The van der Waals surface area contributed by atoms with E-state index in [4.69, 9.17) is 14.4 Å². The Morgan fingerprint density at radius 1 is 1.14 bits per heavy atom. The van der Waals surface area contributed by atoms with Crippen molar-refractivity contribution in [2.75, 3.05) is 13.7 Å². The van der Waals surface area contributed by atoms with Gasteiger partial charge in [0, 0.05) is 23.0 Å². The summed E-state index contributed by atoms with van der Waals surface area (Å²) in [7, 11) is 1.57. The van der Waals surface area contributed by atoms with Crippen LogP contribution in [0.1, 0.15) is 27.4 Å². The van der Waals surface area contributed by atoms with Crippen molar-refractivity contribution in [2.45, 2.75) is 25.9 Å². The first-order valence-electron chi connectivity index (χ1n) is 11.2. The Hall–Kier alpha value is -4.51. The topological polar surface area (TPSA) is 109 Å². The maximum Gasteiger partial charge on any atom is 0.254 e. The van der Waals surface area contributed by atoms with Crippen LogP contribution in [0.5, 0.6) is 5.75 Å². The molecule has 178 valence electrons. The molecular formula is C27H26N4O4. The van der Waals surface area contributed by atoms with Crippen LogP contribution in [0, 0.1) is 18.3 Å². The van der Waals surface area contributed by atoms with Crippen molar-refractivity contribution in [3.05, 3.63) is 89.5 Å². The summed E-state index contributed by atoms with van der Waals surface area (Å²) in [5.74, 6) is 0.574. The number of amides is 2. The quantitative estimate of drug-likeness (QED) is 0.364. The number of fused-ring (bicyclic) bond motifs is 1. The molecule has 1 unspecified atom stereocenters. The molecule has 2 aromatic carbocycles. The number of rotatable bonds is 9. The summed E-state index contributed by atoms with van der Waals surface area (Å²) in [5.41, 5.74) is 2.93. The van der Waals surface area contributed by atoms with Gasteiger partial charge in [0.05, 0.1) is 31.6 Å². The first-order chi connectivity index (χ1) is 17.0. The van der Waals surface area contributed by atoms with E-state index >= 15 is 0 Å². The Balaban J connectivity index is 1.71. The second-order valence-electron chi connectivity index (χ2n) is 8.10. The van der Waals surface area contributed by atoms with Crippen LogP contribution in [0.15, 0.2) is 71.3 Å². The molecule has 2 amide bonds. The molecule has 2 N–H and O–H groups in total. The second-order valence-corrected chi connectivity index (χ2v) is 8.10. The zero-order chi connectivity index (χ0) is 24.8. The second kappa shape index (κ2) is 10.6. The highest BCUT2D eigenvalue weighted by atomic mass is 16.5. The lowest BCUT2D eigenvalue weighted by Crippen LogP contribution is -2.48. The van der Waals surface area contributed by atoms with Crippen molar-refractivity contribution < 1.29 is 18.7 Å². The van der Waals surface area contributed by atoms with Gasteiger partial charge in [0.25, 0.3) is 5.91 Å². The number of hydrogen-bond acceptors (Lipinski definition) is 5. The van der Waals surface area contributed by atoms with Gasteiger partial charge in [-0.2, -0.15) is 5.26 Å². The number of benzene rings is 2. The van der Waals surface area contributed by atoms with Crippen molar-refractivity contribution in [3.8, 4) is 11.8 Å². The summed E-state index contributed by atoms with van der Waals surface area (Å²) in [6.07, 6.45) is 1.90. The molecule has 4 aromatic rings. The number of nitrogens with one attached hydrogen (secondary N) is 2. The number of furan rings is 1. The van der Waals surface area contributed by atoms with Gasteiger partial charge >= 0.3 is 0 Å². The summed E-state index contributed by atoms with van der Waals surface area (Å²) < 4.78 is 12.9. The van der Waals surface area contributed by atoms with Crippen LogP contribution in [0.2, 0.25) is 0 Å². The van der Waals surface area contributed by atoms with Crippen molar-refractivity contribution >= 4 is 22.7 Å². The predicted octanol–water partition coefficient (Wildman–Crippen LogP) is 3.58. The molecule has 0 aliphatic rings. The van der Waals surface area contributed by atoms with Crippen molar-refractivity contribution in [2.24, 2.45) is 0 Å². The van der Waals surface area contributed by atoms with Gasteiger partial charge in [0.15, 0.2) is 0 Å². The third-order valence-electron chi connectivity index (χ3n) is 5.90. The van der Waals surface area contributed by atoms with Crippen LogP contribution in [-0.2, 0) is 17.8 Å². The number of nitrogens with zero attached hydrogens (tertiary/aromatic N) is 2. The SMILES string of the molecule is COc1ccc2c(c1)c(C(=O)NC(Cc1ccccc1)C(=O)NCC#N)c(C)n2Cc1ccco1. The molecule has 35 heavy (non-hydrogen) atoms. The molecule has 2 heterocycles. The minimum atomic E-state index is -0.855. The Morgan fingerprint density at radius 2 is 1.94 bits per heavy atom. The van der Waals surface area contributed by atoms with Gasteiger partial charge in [-0.15, -0.1) is 0 Å². The van der Waals surface area contributed by atoms with E-state index in [1.807, 2.05) is 78.2 Å². The van der Waals surface area contributed by atoms with Gasteiger partial charge in [-0.3, -0.25) is 9.59 Å². The van der Waals surface area contributed by atoms with Crippen LogP contribution in [0.25, 0.3) is 10.9 Å². The Morgan fingerprint density at radius 3 is 2.63 bits per heavy atom. The average Bonchev–Trinajstić information content (AvgIpc) is 3.48. The van der Waals surface area contributed by atoms with Gasteiger partial charge in [0.1, 0.15) is 24.1 Å². The first kappa shape index (κ1) is 23.6. The average molecular weight is 471 g/mol. The molecule has 2 aromatic heterocycles. The molecular weight excluding hydrogens is 444 g/mol. The molecule has 0 saturated heterocycles. The largest absolute Gasteiger partial charge is 0.497 e. The fourth-order valence-electron chi connectivity index (χ4n) is 4.18. The van der Waals surface area contributed by atoms with Crippen LogP contribution in [0.3, 0.4) is 0 Å². The molecule has 0 radical (unpaired) electrons. The number of carbonyl (C=O) groups is 2. The third-order valence-corrected chi connectivity index (χ3v) is 5.90. The summed E-state index contributed by atoms with van der Waals surface area (Å²) in [6.45, 7) is 2.18. The Labute approximate surface area is 203 Å². The number of hydrogen-bond donors (Lipinski definition) is 2.